The fourth-order valence-corrected chi connectivity index (χ4v) is 8.77. The normalized spacial score (nSPS) is 13.5. The number of hydrogen-bond acceptors (Lipinski definition) is 7. The van der Waals surface area contributed by atoms with E-state index in [0.29, 0.717) is 13.0 Å². The van der Waals surface area contributed by atoms with Crippen molar-refractivity contribution in [1.82, 2.24) is 0 Å². The van der Waals surface area contributed by atoms with Gasteiger partial charge in [0.15, 0.2) is 0 Å². The van der Waals surface area contributed by atoms with Crippen molar-refractivity contribution in [2.24, 2.45) is 5.73 Å². The van der Waals surface area contributed by atoms with E-state index >= 15 is 0 Å². The lowest BCUT2D eigenvalue weighted by atomic mass is 10.0. The largest absolute Gasteiger partial charge is 0.472 e. The summed E-state index contributed by atoms with van der Waals surface area (Å²) in [7, 11) is -4.29. The Labute approximate surface area is 397 Å². The van der Waals surface area contributed by atoms with Crippen molar-refractivity contribution in [2.75, 3.05) is 33.0 Å². The van der Waals surface area contributed by atoms with Gasteiger partial charge in [-0.2, -0.15) is 0 Å². The van der Waals surface area contributed by atoms with Gasteiger partial charge >= 0.3 is 13.8 Å². The molecular formula is C55H106NO7P. The molecule has 0 spiro atoms. The van der Waals surface area contributed by atoms with Crippen LogP contribution in [0.2, 0.25) is 0 Å². The van der Waals surface area contributed by atoms with E-state index in [-0.39, 0.29) is 32.3 Å². The Bertz CT molecular complexity index is 1080. The summed E-state index contributed by atoms with van der Waals surface area (Å²) >= 11 is 0. The van der Waals surface area contributed by atoms with Crippen molar-refractivity contribution in [3.63, 3.8) is 0 Å². The Morgan fingerprint density at radius 1 is 0.469 bits per heavy atom. The highest BCUT2D eigenvalue weighted by atomic mass is 31.2. The van der Waals surface area contributed by atoms with Gasteiger partial charge in [0.2, 0.25) is 0 Å². The van der Waals surface area contributed by atoms with Gasteiger partial charge in [-0.25, -0.2) is 4.57 Å². The third-order valence-corrected chi connectivity index (χ3v) is 13.0. The van der Waals surface area contributed by atoms with Crippen LogP contribution < -0.4 is 5.73 Å². The monoisotopic (exact) mass is 924 g/mol. The van der Waals surface area contributed by atoms with Gasteiger partial charge < -0.3 is 20.1 Å². The number of hydrogen-bond donors (Lipinski definition) is 2. The summed E-state index contributed by atoms with van der Waals surface area (Å²) < 4.78 is 33.7. The lowest BCUT2D eigenvalue weighted by Gasteiger charge is -2.20. The summed E-state index contributed by atoms with van der Waals surface area (Å²) in [5, 5.41) is 0. The molecule has 3 N–H and O–H groups in total. The van der Waals surface area contributed by atoms with Crippen LogP contribution >= 0.6 is 7.82 Å². The van der Waals surface area contributed by atoms with E-state index in [4.69, 9.17) is 24.3 Å². The molecule has 0 bridgehead atoms. The van der Waals surface area contributed by atoms with Crippen molar-refractivity contribution in [1.29, 1.82) is 0 Å². The Morgan fingerprint density at radius 3 is 1.23 bits per heavy atom. The molecule has 0 aliphatic carbocycles. The number of unbranched alkanes of at least 4 members (excludes halogenated alkanes) is 34. The van der Waals surface area contributed by atoms with Crippen LogP contribution in [0.25, 0.3) is 0 Å². The minimum Gasteiger partial charge on any atom is -0.457 e. The average molecular weight is 924 g/mol. The smallest absolute Gasteiger partial charge is 0.457 e. The standard InChI is InChI=1S/C55H106NO7P/c1-3-5-7-9-11-13-15-17-19-21-23-25-27-28-30-32-34-36-38-40-42-44-46-48-55(57)63-54(53-62-64(58,59)61-51-49-56)52-60-50-47-45-43-41-39-37-35-33-31-29-26-24-22-20-18-16-14-12-10-8-6-4-2/h15,17,21,23,27-28,54H,3-14,16,18-20,22,24-26,29-53,56H2,1-2H3,(H,58,59)/b17-15-,23-21-,28-27-. The molecule has 0 aromatic heterocycles. The maximum Gasteiger partial charge on any atom is 0.472 e. The first kappa shape index (κ1) is 62.7. The highest BCUT2D eigenvalue weighted by molar-refractivity contribution is 7.47. The predicted molar refractivity (Wildman–Crippen MR) is 275 cm³/mol. The predicted octanol–water partition coefficient (Wildman–Crippen LogP) is 17.3. The number of carbonyl (C=O) groups is 1. The fourth-order valence-electron chi connectivity index (χ4n) is 8.01. The molecule has 0 aliphatic rings. The van der Waals surface area contributed by atoms with Gasteiger partial charge in [0.1, 0.15) is 6.10 Å². The van der Waals surface area contributed by atoms with Crippen LogP contribution in [0.4, 0.5) is 0 Å². The number of ether oxygens (including phenoxy) is 2. The van der Waals surface area contributed by atoms with Crippen molar-refractivity contribution in [2.45, 2.75) is 277 Å². The molecule has 0 saturated heterocycles. The summed E-state index contributed by atoms with van der Waals surface area (Å²) in [4.78, 5) is 22.6. The lowest BCUT2D eigenvalue weighted by molar-refractivity contribution is -0.154. The maximum absolute atomic E-state index is 12.7. The number of nitrogens with two attached hydrogens (primary N) is 1. The quantitative estimate of drug-likeness (QED) is 0.0268. The van der Waals surface area contributed by atoms with Crippen LogP contribution in [0, 0.1) is 0 Å². The van der Waals surface area contributed by atoms with Crippen LogP contribution in [-0.4, -0.2) is 49.9 Å². The average Bonchev–Trinajstić information content (AvgIpc) is 3.29. The molecule has 64 heavy (non-hydrogen) atoms. The molecule has 0 rings (SSSR count). The molecule has 0 heterocycles. The number of carbonyl (C=O) groups excluding carboxylic acids is 1. The summed E-state index contributed by atoms with van der Waals surface area (Å²) in [6.45, 7) is 4.96. The van der Waals surface area contributed by atoms with Crippen molar-refractivity contribution >= 4 is 13.8 Å². The molecule has 0 aromatic rings. The maximum atomic E-state index is 12.7. The van der Waals surface area contributed by atoms with Gasteiger partial charge in [-0.05, 0) is 51.4 Å². The highest BCUT2D eigenvalue weighted by Crippen LogP contribution is 2.43. The van der Waals surface area contributed by atoms with E-state index in [2.05, 4.69) is 50.3 Å². The first-order valence-electron chi connectivity index (χ1n) is 27.5. The van der Waals surface area contributed by atoms with Crippen molar-refractivity contribution in [3.8, 4) is 0 Å². The minimum atomic E-state index is -4.29. The van der Waals surface area contributed by atoms with Gasteiger partial charge in [0.25, 0.3) is 0 Å². The van der Waals surface area contributed by atoms with E-state index in [1.807, 2.05) is 0 Å². The van der Waals surface area contributed by atoms with E-state index < -0.39 is 13.9 Å². The third-order valence-electron chi connectivity index (χ3n) is 12.1. The topological polar surface area (TPSA) is 117 Å². The number of allylic oxidation sites excluding steroid dienone is 6. The summed E-state index contributed by atoms with van der Waals surface area (Å²) in [5.41, 5.74) is 5.40. The number of phosphoric ester groups is 1. The highest BCUT2D eigenvalue weighted by Gasteiger charge is 2.25. The van der Waals surface area contributed by atoms with Gasteiger partial charge in [-0.3, -0.25) is 13.8 Å². The fraction of sp³-hybridized carbons (Fsp3) is 0.873. The number of rotatable bonds is 53. The molecule has 0 amide bonds. The molecule has 0 saturated carbocycles. The SMILES string of the molecule is CCCCCCC/C=C\C/C=C\C/C=C\CCCCCCCCCCC(=O)OC(COCCCCCCCCCCCCCCCCCCCCCCCC)COP(=O)(O)OCCN. The van der Waals surface area contributed by atoms with Gasteiger partial charge in [0.05, 0.1) is 19.8 Å². The molecule has 0 aliphatic heterocycles. The molecule has 0 radical (unpaired) electrons. The van der Waals surface area contributed by atoms with Crippen LogP contribution in [0.1, 0.15) is 271 Å². The van der Waals surface area contributed by atoms with Gasteiger partial charge in [-0.15, -0.1) is 0 Å². The zero-order valence-electron chi connectivity index (χ0n) is 42.3. The van der Waals surface area contributed by atoms with E-state index in [1.165, 1.54) is 199 Å². The van der Waals surface area contributed by atoms with E-state index in [1.54, 1.807) is 0 Å². The van der Waals surface area contributed by atoms with Crippen LogP contribution in [0.15, 0.2) is 36.5 Å². The molecule has 2 unspecified atom stereocenters. The summed E-state index contributed by atoms with van der Waals surface area (Å²) in [5.74, 6) is -0.332. The second-order valence-corrected chi connectivity index (χ2v) is 19.9. The molecule has 8 nitrogen and oxygen atoms in total. The molecule has 0 fully saturated rings. The second kappa shape index (κ2) is 52.7. The lowest BCUT2D eigenvalue weighted by Crippen LogP contribution is -2.28. The van der Waals surface area contributed by atoms with Gasteiger partial charge in [0, 0.05) is 19.6 Å². The molecule has 378 valence electrons. The van der Waals surface area contributed by atoms with Crippen molar-refractivity contribution < 1.29 is 32.8 Å². The van der Waals surface area contributed by atoms with Crippen LogP contribution in [0.5, 0.6) is 0 Å². The number of esters is 1. The Hall–Kier alpha value is -1.28. The first-order chi connectivity index (χ1) is 31.4. The Morgan fingerprint density at radius 2 is 0.828 bits per heavy atom. The zero-order valence-corrected chi connectivity index (χ0v) is 43.2. The summed E-state index contributed by atoms with van der Waals surface area (Å²) in [6, 6.07) is 0. The minimum absolute atomic E-state index is 0.0957. The molecule has 2 atom stereocenters. The Balaban J connectivity index is 3.91. The molecular weight excluding hydrogens is 818 g/mol. The van der Waals surface area contributed by atoms with E-state index in [9.17, 15) is 14.3 Å². The third kappa shape index (κ3) is 51.7. The van der Waals surface area contributed by atoms with Crippen LogP contribution in [-0.2, 0) is 27.9 Å². The van der Waals surface area contributed by atoms with Crippen molar-refractivity contribution in [3.05, 3.63) is 36.5 Å². The number of phosphoric acid groups is 1. The molecule has 9 heteroatoms. The van der Waals surface area contributed by atoms with Gasteiger partial charge in [-0.1, -0.05) is 249 Å². The van der Waals surface area contributed by atoms with E-state index in [0.717, 1.165) is 51.4 Å². The second-order valence-electron chi connectivity index (χ2n) is 18.5. The summed E-state index contributed by atoms with van der Waals surface area (Å²) in [6.07, 6.45) is 63.3. The zero-order chi connectivity index (χ0) is 46.5. The Kier molecular flexibility index (Phi) is 51.6. The first-order valence-corrected chi connectivity index (χ1v) is 29.0. The molecule has 0 aromatic carbocycles. The van der Waals surface area contributed by atoms with Crippen LogP contribution in [0.3, 0.4) is 0 Å².